The Kier molecular flexibility index (Phi) is 4.91. The molecule has 0 aliphatic heterocycles. The summed E-state index contributed by atoms with van der Waals surface area (Å²) < 4.78 is 24.8. The number of nitrogens with zero attached hydrogens (tertiary/aromatic N) is 1. The van der Waals surface area contributed by atoms with Gasteiger partial charge < -0.3 is 9.15 Å². The highest BCUT2D eigenvalue weighted by molar-refractivity contribution is 9.10. The number of hydrogen-bond acceptors (Lipinski definition) is 5. The molecule has 1 N–H and O–H groups in total. The van der Waals surface area contributed by atoms with Gasteiger partial charge in [0.05, 0.1) is 22.8 Å². The van der Waals surface area contributed by atoms with Gasteiger partial charge >= 0.3 is 0 Å². The quantitative estimate of drug-likeness (QED) is 0.626. The summed E-state index contributed by atoms with van der Waals surface area (Å²) >= 11 is 4.60. The highest BCUT2D eigenvalue weighted by atomic mass is 79.9. The Labute approximate surface area is 156 Å². The van der Waals surface area contributed by atoms with Gasteiger partial charge in [-0.05, 0) is 48.0 Å². The number of ether oxygens (including phenoxy) is 1. The van der Waals surface area contributed by atoms with Crippen LogP contribution in [0, 0.1) is 19.7 Å². The molecule has 0 spiro atoms. The summed E-state index contributed by atoms with van der Waals surface area (Å²) in [6, 6.07) is 4.20. The average molecular weight is 425 g/mol. The van der Waals surface area contributed by atoms with Crippen LogP contribution in [0.4, 0.5) is 9.52 Å². The number of halogens is 2. The minimum atomic E-state index is -0.386. The average Bonchev–Trinajstić information content (AvgIpc) is 3.12. The maximum Gasteiger partial charge on any atom is 0.262 e. The second-order valence-corrected chi connectivity index (χ2v) is 6.89. The standard InChI is InChI=1S/C17H14BrFN2O3S/c1-8-14(15(18)9(2)24-8)16(22)21-17-20-12(7-25-17)11-6-10(19)4-5-13(11)23-3/h4-7H,1-3H3,(H,20,21,22). The van der Waals surface area contributed by atoms with Gasteiger partial charge in [-0.3, -0.25) is 10.1 Å². The molecule has 2 aromatic heterocycles. The van der Waals surface area contributed by atoms with Crippen LogP contribution in [-0.4, -0.2) is 18.0 Å². The van der Waals surface area contributed by atoms with Gasteiger partial charge in [0.1, 0.15) is 23.1 Å². The molecule has 0 aliphatic carbocycles. The third kappa shape index (κ3) is 3.45. The van der Waals surface area contributed by atoms with Crippen molar-refractivity contribution in [3.63, 3.8) is 0 Å². The van der Waals surface area contributed by atoms with E-state index in [2.05, 4.69) is 26.2 Å². The van der Waals surface area contributed by atoms with Gasteiger partial charge in [0.15, 0.2) is 5.13 Å². The molecule has 5 nitrogen and oxygen atoms in total. The summed E-state index contributed by atoms with van der Waals surface area (Å²) in [6.45, 7) is 3.49. The van der Waals surface area contributed by atoms with Crippen LogP contribution in [0.5, 0.6) is 5.75 Å². The molecule has 0 aliphatic rings. The minimum Gasteiger partial charge on any atom is -0.496 e. The van der Waals surface area contributed by atoms with Gasteiger partial charge in [-0.25, -0.2) is 9.37 Å². The fourth-order valence-electron chi connectivity index (χ4n) is 2.41. The third-order valence-electron chi connectivity index (χ3n) is 3.58. The molecule has 2 heterocycles. The number of rotatable bonds is 4. The molecule has 0 atom stereocenters. The largest absolute Gasteiger partial charge is 0.496 e. The van der Waals surface area contributed by atoms with E-state index in [1.165, 1.54) is 36.6 Å². The predicted molar refractivity (Wildman–Crippen MR) is 97.9 cm³/mol. The number of anilines is 1. The number of hydrogen-bond donors (Lipinski definition) is 1. The third-order valence-corrected chi connectivity index (χ3v) is 5.29. The van der Waals surface area contributed by atoms with Crippen LogP contribution in [0.25, 0.3) is 11.3 Å². The van der Waals surface area contributed by atoms with E-state index in [-0.39, 0.29) is 11.7 Å². The van der Waals surface area contributed by atoms with Crippen LogP contribution < -0.4 is 10.1 Å². The number of nitrogens with one attached hydrogen (secondary N) is 1. The predicted octanol–water partition coefficient (Wildman–Crippen LogP) is 5.18. The van der Waals surface area contributed by atoms with Crippen LogP contribution in [0.15, 0.2) is 32.5 Å². The summed E-state index contributed by atoms with van der Waals surface area (Å²) in [7, 11) is 1.51. The smallest absolute Gasteiger partial charge is 0.262 e. The minimum absolute atomic E-state index is 0.326. The summed E-state index contributed by atoms with van der Waals surface area (Å²) in [4.78, 5) is 16.8. The van der Waals surface area contributed by atoms with E-state index in [9.17, 15) is 9.18 Å². The Hall–Kier alpha value is -2.19. The summed E-state index contributed by atoms with van der Waals surface area (Å²) in [5.74, 6) is 0.946. The number of aromatic nitrogens is 1. The van der Waals surface area contributed by atoms with E-state index in [0.717, 1.165) is 0 Å². The SMILES string of the molecule is COc1ccc(F)cc1-c1csc(NC(=O)c2c(C)oc(C)c2Br)n1. The van der Waals surface area contributed by atoms with E-state index in [1.54, 1.807) is 19.2 Å². The molecule has 1 aromatic carbocycles. The van der Waals surface area contributed by atoms with E-state index in [1.807, 2.05) is 0 Å². The van der Waals surface area contributed by atoms with Crippen molar-refractivity contribution in [2.75, 3.05) is 12.4 Å². The van der Waals surface area contributed by atoms with Gasteiger partial charge in [0, 0.05) is 10.9 Å². The highest BCUT2D eigenvalue weighted by Gasteiger charge is 2.21. The Morgan fingerprint density at radius 2 is 2.12 bits per heavy atom. The zero-order valence-corrected chi connectivity index (χ0v) is 16.0. The van der Waals surface area contributed by atoms with Crippen molar-refractivity contribution >= 4 is 38.3 Å². The summed E-state index contributed by atoms with van der Waals surface area (Å²) in [6.07, 6.45) is 0. The summed E-state index contributed by atoms with van der Waals surface area (Å²) in [5.41, 5.74) is 1.48. The maximum atomic E-state index is 13.5. The first-order valence-electron chi connectivity index (χ1n) is 7.27. The normalized spacial score (nSPS) is 10.8. The lowest BCUT2D eigenvalue weighted by Gasteiger charge is -2.06. The molecule has 8 heteroatoms. The number of methoxy groups -OCH3 is 1. The fraction of sp³-hybridized carbons (Fsp3) is 0.176. The van der Waals surface area contributed by atoms with Crippen molar-refractivity contribution in [1.29, 1.82) is 0 Å². The Morgan fingerprint density at radius 1 is 1.36 bits per heavy atom. The van der Waals surface area contributed by atoms with Crippen LogP contribution >= 0.6 is 27.3 Å². The number of carbonyl (C=O) groups excluding carboxylic acids is 1. The molecule has 1 amide bonds. The summed E-state index contributed by atoms with van der Waals surface area (Å²) in [5, 5.41) is 4.87. The Balaban J connectivity index is 1.87. The van der Waals surface area contributed by atoms with Crippen molar-refractivity contribution in [2.45, 2.75) is 13.8 Å². The zero-order valence-electron chi connectivity index (χ0n) is 13.6. The van der Waals surface area contributed by atoms with Crippen molar-refractivity contribution < 1.29 is 18.3 Å². The van der Waals surface area contributed by atoms with Gasteiger partial charge in [-0.1, -0.05) is 0 Å². The lowest BCUT2D eigenvalue weighted by Crippen LogP contribution is -2.12. The van der Waals surface area contributed by atoms with Crippen LogP contribution in [0.1, 0.15) is 21.9 Å². The molecule has 0 saturated heterocycles. The van der Waals surface area contributed by atoms with Crippen molar-refractivity contribution in [3.05, 3.63) is 51.0 Å². The van der Waals surface area contributed by atoms with Crippen LogP contribution in [-0.2, 0) is 0 Å². The lowest BCUT2D eigenvalue weighted by atomic mass is 10.1. The second-order valence-electron chi connectivity index (χ2n) is 5.24. The topological polar surface area (TPSA) is 64.4 Å². The molecule has 3 aromatic rings. The Morgan fingerprint density at radius 3 is 2.76 bits per heavy atom. The van der Waals surface area contributed by atoms with Crippen molar-refractivity contribution in [3.8, 4) is 17.0 Å². The van der Waals surface area contributed by atoms with E-state index in [4.69, 9.17) is 9.15 Å². The first kappa shape index (κ1) is 17.6. The molecular formula is C17H14BrFN2O3S. The van der Waals surface area contributed by atoms with Gasteiger partial charge in [0.25, 0.3) is 5.91 Å². The van der Waals surface area contributed by atoms with Crippen LogP contribution in [0.3, 0.4) is 0 Å². The molecule has 130 valence electrons. The molecule has 0 fully saturated rings. The number of amides is 1. The second kappa shape index (κ2) is 6.97. The number of furan rings is 1. The van der Waals surface area contributed by atoms with E-state index in [0.29, 0.717) is 43.7 Å². The first-order valence-corrected chi connectivity index (χ1v) is 8.94. The van der Waals surface area contributed by atoms with Gasteiger partial charge in [0.2, 0.25) is 0 Å². The number of carbonyl (C=O) groups is 1. The maximum absolute atomic E-state index is 13.5. The van der Waals surface area contributed by atoms with E-state index < -0.39 is 0 Å². The molecule has 3 rings (SSSR count). The number of benzene rings is 1. The first-order chi connectivity index (χ1) is 11.9. The van der Waals surface area contributed by atoms with Gasteiger partial charge in [-0.2, -0.15) is 0 Å². The van der Waals surface area contributed by atoms with E-state index >= 15 is 0 Å². The molecule has 0 saturated carbocycles. The molecular weight excluding hydrogens is 411 g/mol. The zero-order chi connectivity index (χ0) is 18.1. The molecule has 0 unspecified atom stereocenters. The van der Waals surface area contributed by atoms with Gasteiger partial charge in [-0.15, -0.1) is 11.3 Å². The molecule has 25 heavy (non-hydrogen) atoms. The fourth-order valence-corrected chi connectivity index (χ4v) is 3.66. The van der Waals surface area contributed by atoms with Crippen molar-refractivity contribution in [2.24, 2.45) is 0 Å². The lowest BCUT2D eigenvalue weighted by molar-refractivity contribution is 0.102. The van der Waals surface area contributed by atoms with Crippen molar-refractivity contribution in [1.82, 2.24) is 4.98 Å². The monoisotopic (exact) mass is 424 g/mol. The van der Waals surface area contributed by atoms with Crippen LogP contribution in [0.2, 0.25) is 0 Å². The number of aryl methyl sites for hydroxylation is 2. The molecule has 0 bridgehead atoms. The highest BCUT2D eigenvalue weighted by Crippen LogP contribution is 2.33. The Bertz CT molecular complexity index is 952. The molecule has 0 radical (unpaired) electrons. The number of thiazole rings is 1.